The van der Waals surface area contributed by atoms with Crippen LogP contribution in [0.2, 0.25) is 0 Å². The molecule has 1 saturated carbocycles. The zero-order valence-corrected chi connectivity index (χ0v) is 16.4. The fraction of sp³-hybridized carbons (Fsp3) is 0.909. The van der Waals surface area contributed by atoms with Crippen molar-refractivity contribution in [2.24, 2.45) is 0 Å². The quantitative estimate of drug-likeness (QED) is 0.292. The van der Waals surface area contributed by atoms with Gasteiger partial charge in [-0.15, -0.1) is 0 Å². The average Bonchev–Trinajstić information content (AvgIpc) is 2.61. The van der Waals surface area contributed by atoms with Crippen molar-refractivity contribution in [3.63, 3.8) is 0 Å². The molecule has 2 unspecified atom stereocenters. The van der Waals surface area contributed by atoms with Crippen molar-refractivity contribution >= 4 is 0 Å². The van der Waals surface area contributed by atoms with Crippen molar-refractivity contribution in [2.45, 2.75) is 116 Å². The van der Waals surface area contributed by atoms with Gasteiger partial charge in [0.05, 0.1) is 12.2 Å². The first-order chi connectivity index (χ1) is 11.9. The van der Waals surface area contributed by atoms with Crippen LogP contribution in [0.15, 0.2) is 0 Å². The maximum absolute atomic E-state index is 5.98. The largest absolute Gasteiger partial charge is 0.378 e. The van der Waals surface area contributed by atoms with Crippen LogP contribution in [0.1, 0.15) is 104 Å². The second-order valence-electron chi connectivity index (χ2n) is 7.30. The summed E-state index contributed by atoms with van der Waals surface area (Å²) in [7, 11) is 0. The van der Waals surface area contributed by atoms with Gasteiger partial charge < -0.3 is 9.47 Å². The molecule has 24 heavy (non-hydrogen) atoms. The Kier molecular flexibility index (Phi) is 15.0. The van der Waals surface area contributed by atoms with Crippen LogP contribution < -0.4 is 0 Å². The highest BCUT2D eigenvalue weighted by molar-refractivity contribution is 4.96. The predicted molar refractivity (Wildman–Crippen MR) is 104 cm³/mol. The van der Waals surface area contributed by atoms with Crippen LogP contribution >= 0.6 is 0 Å². The van der Waals surface area contributed by atoms with E-state index in [4.69, 9.17) is 9.47 Å². The second-order valence-corrected chi connectivity index (χ2v) is 7.30. The summed E-state index contributed by atoms with van der Waals surface area (Å²) >= 11 is 0. The van der Waals surface area contributed by atoms with E-state index in [1.165, 1.54) is 77.0 Å². The molecule has 1 fully saturated rings. The van der Waals surface area contributed by atoms with Gasteiger partial charge in [-0.3, -0.25) is 0 Å². The molecule has 0 aliphatic heterocycles. The van der Waals surface area contributed by atoms with Crippen molar-refractivity contribution in [3.05, 3.63) is 12.8 Å². The first kappa shape index (κ1) is 22.0. The Morgan fingerprint density at radius 1 is 0.583 bits per heavy atom. The summed E-state index contributed by atoms with van der Waals surface area (Å²) in [6, 6.07) is 0. The Morgan fingerprint density at radius 2 is 0.958 bits per heavy atom. The van der Waals surface area contributed by atoms with Gasteiger partial charge in [-0.1, -0.05) is 78.1 Å². The molecule has 0 spiro atoms. The zero-order valence-electron chi connectivity index (χ0n) is 16.4. The maximum atomic E-state index is 5.98. The maximum Gasteiger partial charge on any atom is 0.0611 e. The third-order valence-corrected chi connectivity index (χ3v) is 4.92. The predicted octanol–water partition coefficient (Wildman–Crippen LogP) is 6.68. The van der Waals surface area contributed by atoms with Gasteiger partial charge in [0.25, 0.3) is 0 Å². The summed E-state index contributed by atoms with van der Waals surface area (Å²) in [6.07, 6.45) is 23.3. The minimum Gasteiger partial charge on any atom is -0.378 e. The Morgan fingerprint density at radius 3 is 1.33 bits per heavy atom. The lowest BCUT2D eigenvalue weighted by Crippen LogP contribution is -2.28. The van der Waals surface area contributed by atoms with Gasteiger partial charge in [0.15, 0.2) is 0 Å². The summed E-state index contributed by atoms with van der Waals surface area (Å²) < 4.78 is 12.0. The first-order valence-corrected chi connectivity index (χ1v) is 10.8. The molecule has 1 rings (SSSR count). The highest BCUT2D eigenvalue weighted by atomic mass is 16.5. The Balaban J connectivity index is 1.85. The summed E-state index contributed by atoms with van der Waals surface area (Å²) in [5, 5.41) is 0. The summed E-state index contributed by atoms with van der Waals surface area (Å²) in [4.78, 5) is 0. The van der Waals surface area contributed by atoms with Gasteiger partial charge in [0, 0.05) is 13.2 Å². The van der Waals surface area contributed by atoms with Crippen LogP contribution in [0.5, 0.6) is 0 Å². The van der Waals surface area contributed by atoms with Crippen molar-refractivity contribution in [2.75, 3.05) is 13.2 Å². The molecule has 0 saturated heterocycles. The molecular formula is C22H42O2. The van der Waals surface area contributed by atoms with E-state index in [0.29, 0.717) is 12.2 Å². The third kappa shape index (κ3) is 12.3. The van der Waals surface area contributed by atoms with E-state index in [9.17, 15) is 0 Å². The van der Waals surface area contributed by atoms with Crippen LogP contribution in [0.4, 0.5) is 0 Å². The van der Waals surface area contributed by atoms with Gasteiger partial charge in [0.2, 0.25) is 0 Å². The van der Waals surface area contributed by atoms with Crippen LogP contribution in [-0.4, -0.2) is 25.4 Å². The average molecular weight is 339 g/mol. The topological polar surface area (TPSA) is 18.5 Å². The van der Waals surface area contributed by atoms with Crippen LogP contribution in [0, 0.1) is 12.8 Å². The molecule has 2 atom stereocenters. The lowest BCUT2D eigenvalue weighted by atomic mass is 9.95. The normalized spacial score (nSPS) is 21.2. The number of rotatable bonds is 16. The molecule has 0 aromatic carbocycles. The molecular weight excluding hydrogens is 296 g/mol. The summed E-state index contributed by atoms with van der Waals surface area (Å²) in [6.45, 7) is 6.38. The molecule has 0 aromatic heterocycles. The monoisotopic (exact) mass is 338 g/mol. The van der Waals surface area contributed by atoms with Crippen molar-refractivity contribution in [1.82, 2.24) is 0 Å². The van der Waals surface area contributed by atoms with E-state index in [1.54, 1.807) is 0 Å². The molecule has 0 heterocycles. The number of ether oxygens (including phenoxy) is 2. The molecule has 0 N–H and O–H groups in total. The van der Waals surface area contributed by atoms with Gasteiger partial charge in [0.1, 0.15) is 0 Å². The van der Waals surface area contributed by atoms with Gasteiger partial charge >= 0.3 is 0 Å². The van der Waals surface area contributed by atoms with Crippen molar-refractivity contribution in [3.8, 4) is 0 Å². The molecule has 0 amide bonds. The highest BCUT2D eigenvalue weighted by Gasteiger charge is 2.22. The van der Waals surface area contributed by atoms with E-state index in [1.807, 2.05) is 0 Å². The van der Waals surface area contributed by atoms with Crippen LogP contribution in [0.25, 0.3) is 0 Å². The smallest absolute Gasteiger partial charge is 0.0611 e. The van der Waals surface area contributed by atoms with E-state index < -0.39 is 0 Å². The highest BCUT2D eigenvalue weighted by Crippen LogP contribution is 2.22. The minimum atomic E-state index is 0.328. The molecule has 0 aromatic rings. The van der Waals surface area contributed by atoms with Gasteiger partial charge in [-0.2, -0.15) is 0 Å². The molecule has 0 bridgehead atoms. The molecule has 2 nitrogen and oxygen atoms in total. The lowest BCUT2D eigenvalue weighted by molar-refractivity contribution is 0.0183. The standard InChI is InChI=1S/C22H42O2/c1-3-5-7-9-11-13-19-23-21-15-17-22(18-16-21)24-20-14-12-10-8-6-4-2/h15,18,21-22H,3-14,16-17,19-20H2,1-2H3. The third-order valence-electron chi connectivity index (χ3n) is 4.92. The van der Waals surface area contributed by atoms with Gasteiger partial charge in [-0.25, -0.2) is 0 Å². The van der Waals surface area contributed by atoms with E-state index in [-0.39, 0.29) is 0 Å². The van der Waals surface area contributed by atoms with E-state index in [0.717, 1.165) is 26.1 Å². The molecule has 2 radical (unpaired) electrons. The number of hydrogen-bond donors (Lipinski definition) is 0. The number of hydrogen-bond acceptors (Lipinski definition) is 2. The fourth-order valence-corrected chi connectivity index (χ4v) is 3.27. The molecule has 2 heteroatoms. The Hall–Kier alpha value is -0.0800. The molecule has 1 aliphatic carbocycles. The molecule has 142 valence electrons. The first-order valence-electron chi connectivity index (χ1n) is 10.8. The van der Waals surface area contributed by atoms with E-state index >= 15 is 0 Å². The minimum absolute atomic E-state index is 0.328. The zero-order chi connectivity index (χ0) is 17.3. The summed E-state index contributed by atoms with van der Waals surface area (Å²) in [5.74, 6) is 0. The summed E-state index contributed by atoms with van der Waals surface area (Å²) in [5.41, 5.74) is 0. The van der Waals surface area contributed by atoms with Gasteiger partial charge in [-0.05, 0) is 38.5 Å². The Labute approximate surface area is 152 Å². The number of unbranched alkanes of at least 4 members (excludes halogenated alkanes) is 10. The second kappa shape index (κ2) is 16.4. The van der Waals surface area contributed by atoms with Crippen molar-refractivity contribution < 1.29 is 9.47 Å². The molecule has 1 aliphatic rings. The van der Waals surface area contributed by atoms with Crippen molar-refractivity contribution in [1.29, 1.82) is 0 Å². The lowest BCUT2D eigenvalue weighted by Gasteiger charge is -2.28. The SMILES string of the molecule is CCCCCCCCOC1[CH]CC(OCCCCCCCC)[CH]C1. The van der Waals surface area contributed by atoms with E-state index in [2.05, 4.69) is 26.7 Å². The van der Waals surface area contributed by atoms with Crippen LogP contribution in [0.3, 0.4) is 0 Å². The Bertz CT molecular complexity index is 220. The fourth-order valence-electron chi connectivity index (χ4n) is 3.27. The van der Waals surface area contributed by atoms with Crippen LogP contribution in [-0.2, 0) is 9.47 Å².